The zero-order valence-electron chi connectivity index (χ0n) is 13.6. The molecular formula is C16H29ClN4. The van der Waals surface area contributed by atoms with Gasteiger partial charge in [0.2, 0.25) is 0 Å². The molecule has 120 valence electrons. The van der Waals surface area contributed by atoms with Crippen LogP contribution in [0.4, 0.5) is 0 Å². The Balaban J connectivity index is 2.07. The van der Waals surface area contributed by atoms with Crippen molar-refractivity contribution in [2.24, 2.45) is 5.92 Å². The monoisotopic (exact) mass is 312 g/mol. The van der Waals surface area contributed by atoms with Crippen LogP contribution in [0.15, 0.2) is 6.20 Å². The Labute approximate surface area is 133 Å². The van der Waals surface area contributed by atoms with Gasteiger partial charge in [0.25, 0.3) is 0 Å². The summed E-state index contributed by atoms with van der Waals surface area (Å²) in [6, 6.07) is 0.310. The van der Waals surface area contributed by atoms with Crippen LogP contribution in [0.3, 0.4) is 0 Å². The molecule has 1 atom stereocenters. The molecule has 0 spiro atoms. The Morgan fingerprint density at radius 3 is 2.71 bits per heavy atom. The van der Waals surface area contributed by atoms with Crippen LogP contribution < -0.4 is 5.32 Å². The van der Waals surface area contributed by atoms with E-state index in [0.717, 1.165) is 29.7 Å². The average molecular weight is 313 g/mol. The van der Waals surface area contributed by atoms with Crippen molar-refractivity contribution in [2.75, 3.05) is 27.7 Å². The molecule has 1 aliphatic carbocycles. The van der Waals surface area contributed by atoms with E-state index in [2.05, 4.69) is 34.1 Å². The third-order valence-corrected chi connectivity index (χ3v) is 4.86. The number of likely N-dealkylation sites (N-methyl/N-ethyl adjacent to an activating group) is 1. The van der Waals surface area contributed by atoms with Gasteiger partial charge in [-0.3, -0.25) is 4.68 Å². The summed E-state index contributed by atoms with van der Waals surface area (Å²) < 4.78 is 2.08. The molecule has 1 fully saturated rings. The van der Waals surface area contributed by atoms with Gasteiger partial charge in [-0.15, -0.1) is 0 Å². The van der Waals surface area contributed by atoms with Crippen LogP contribution in [0.2, 0.25) is 5.02 Å². The van der Waals surface area contributed by atoms with Crippen LogP contribution in [-0.2, 0) is 6.54 Å². The van der Waals surface area contributed by atoms with Crippen LogP contribution in [0.5, 0.6) is 0 Å². The van der Waals surface area contributed by atoms with E-state index in [1.54, 1.807) is 6.20 Å². The van der Waals surface area contributed by atoms with Gasteiger partial charge >= 0.3 is 0 Å². The standard InChI is InChI=1S/C16H29ClN4/c1-18-15(11-13-7-5-4-6-8-13)16-14(17)12-19-21(16)10-9-20(2)3/h12-13,15,18H,4-11H2,1-3H3. The summed E-state index contributed by atoms with van der Waals surface area (Å²) in [5, 5.41) is 8.72. The van der Waals surface area contributed by atoms with Crippen molar-refractivity contribution in [3.63, 3.8) is 0 Å². The highest BCUT2D eigenvalue weighted by Crippen LogP contribution is 2.34. The molecule has 21 heavy (non-hydrogen) atoms. The fourth-order valence-corrected chi connectivity index (χ4v) is 3.59. The predicted molar refractivity (Wildman–Crippen MR) is 88.8 cm³/mol. The van der Waals surface area contributed by atoms with Crippen LogP contribution in [0, 0.1) is 5.92 Å². The first kappa shape index (κ1) is 16.8. The number of nitrogens with zero attached hydrogens (tertiary/aromatic N) is 3. The second-order valence-electron chi connectivity index (χ2n) is 6.49. The lowest BCUT2D eigenvalue weighted by Gasteiger charge is -2.27. The molecule has 2 rings (SSSR count). The van der Waals surface area contributed by atoms with Crippen molar-refractivity contribution in [1.29, 1.82) is 0 Å². The summed E-state index contributed by atoms with van der Waals surface area (Å²) in [5.74, 6) is 0.824. The van der Waals surface area contributed by atoms with Crippen molar-refractivity contribution < 1.29 is 0 Å². The smallest absolute Gasteiger partial charge is 0.0834 e. The highest BCUT2D eigenvalue weighted by molar-refractivity contribution is 6.31. The molecule has 0 aromatic carbocycles. The van der Waals surface area contributed by atoms with Crippen LogP contribution >= 0.6 is 11.6 Å². The van der Waals surface area contributed by atoms with E-state index in [1.165, 1.54) is 38.5 Å². The zero-order valence-corrected chi connectivity index (χ0v) is 14.4. The maximum Gasteiger partial charge on any atom is 0.0834 e. The number of hydrogen-bond donors (Lipinski definition) is 1. The molecule has 1 aromatic heterocycles. The fraction of sp³-hybridized carbons (Fsp3) is 0.812. The summed E-state index contributed by atoms with van der Waals surface area (Å²) in [4.78, 5) is 2.18. The molecule has 0 aliphatic heterocycles. The maximum atomic E-state index is 6.41. The van der Waals surface area contributed by atoms with Crippen molar-refractivity contribution >= 4 is 11.6 Å². The Bertz CT molecular complexity index is 424. The van der Waals surface area contributed by atoms with Gasteiger partial charge < -0.3 is 10.2 Å². The number of aromatic nitrogens is 2. The van der Waals surface area contributed by atoms with Gasteiger partial charge in [-0.2, -0.15) is 5.10 Å². The van der Waals surface area contributed by atoms with Crippen molar-refractivity contribution in [1.82, 2.24) is 20.0 Å². The van der Waals surface area contributed by atoms with Crippen molar-refractivity contribution in [3.05, 3.63) is 16.9 Å². The van der Waals surface area contributed by atoms with Crippen LogP contribution in [0.25, 0.3) is 0 Å². The number of hydrogen-bond acceptors (Lipinski definition) is 3. The largest absolute Gasteiger partial charge is 0.312 e. The van der Waals surface area contributed by atoms with E-state index in [9.17, 15) is 0 Å². The van der Waals surface area contributed by atoms with Crippen LogP contribution in [-0.4, -0.2) is 42.4 Å². The molecule has 0 amide bonds. The third-order valence-electron chi connectivity index (χ3n) is 4.56. The first-order valence-electron chi connectivity index (χ1n) is 8.15. The fourth-order valence-electron chi connectivity index (χ4n) is 3.31. The SMILES string of the molecule is CNC(CC1CCCCC1)c1c(Cl)cnn1CCN(C)C. The van der Waals surface area contributed by atoms with E-state index in [4.69, 9.17) is 11.6 Å². The molecule has 1 saturated carbocycles. The molecule has 1 heterocycles. The van der Waals surface area contributed by atoms with Gasteiger partial charge in [-0.25, -0.2) is 0 Å². The Morgan fingerprint density at radius 1 is 1.38 bits per heavy atom. The zero-order chi connectivity index (χ0) is 15.2. The minimum atomic E-state index is 0.310. The molecule has 0 radical (unpaired) electrons. The lowest BCUT2D eigenvalue weighted by atomic mass is 9.84. The highest BCUT2D eigenvalue weighted by Gasteiger charge is 2.24. The summed E-state index contributed by atoms with van der Waals surface area (Å²) in [7, 11) is 6.21. The van der Waals surface area contributed by atoms with Crippen LogP contribution in [0.1, 0.15) is 50.3 Å². The van der Waals surface area contributed by atoms with Gasteiger partial charge in [-0.05, 0) is 33.5 Å². The lowest BCUT2D eigenvalue weighted by molar-refractivity contribution is 0.295. The minimum Gasteiger partial charge on any atom is -0.312 e. The van der Waals surface area contributed by atoms with Crippen molar-refractivity contribution in [3.8, 4) is 0 Å². The molecule has 1 unspecified atom stereocenters. The molecule has 1 aliphatic rings. The third kappa shape index (κ3) is 4.70. The predicted octanol–water partition coefficient (Wildman–Crippen LogP) is 3.33. The Kier molecular flexibility index (Phi) is 6.52. The van der Waals surface area contributed by atoms with E-state index in [-0.39, 0.29) is 0 Å². The van der Waals surface area contributed by atoms with Gasteiger partial charge in [0, 0.05) is 6.54 Å². The molecular weight excluding hydrogens is 284 g/mol. The normalized spacial score (nSPS) is 18.3. The van der Waals surface area contributed by atoms with Gasteiger partial charge in [0.15, 0.2) is 0 Å². The van der Waals surface area contributed by atoms with E-state index in [1.807, 2.05) is 7.05 Å². The lowest BCUT2D eigenvalue weighted by Crippen LogP contribution is -2.26. The van der Waals surface area contributed by atoms with Gasteiger partial charge in [0.05, 0.1) is 29.5 Å². The summed E-state index contributed by atoms with van der Waals surface area (Å²) in [6.07, 6.45) is 9.86. The highest BCUT2D eigenvalue weighted by atomic mass is 35.5. The molecule has 4 nitrogen and oxygen atoms in total. The van der Waals surface area contributed by atoms with E-state index in [0.29, 0.717) is 6.04 Å². The molecule has 5 heteroatoms. The first-order chi connectivity index (χ1) is 10.1. The van der Waals surface area contributed by atoms with Crippen molar-refractivity contribution in [2.45, 2.75) is 51.1 Å². The minimum absolute atomic E-state index is 0.310. The maximum absolute atomic E-state index is 6.41. The second-order valence-corrected chi connectivity index (χ2v) is 6.89. The number of nitrogens with one attached hydrogen (secondary N) is 1. The average Bonchev–Trinajstić information content (AvgIpc) is 2.85. The van der Waals surface area contributed by atoms with Gasteiger partial charge in [-0.1, -0.05) is 43.7 Å². The van der Waals surface area contributed by atoms with Gasteiger partial charge in [0.1, 0.15) is 0 Å². The molecule has 0 bridgehead atoms. The van der Waals surface area contributed by atoms with E-state index < -0.39 is 0 Å². The summed E-state index contributed by atoms with van der Waals surface area (Å²) in [6.45, 7) is 1.86. The summed E-state index contributed by atoms with van der Waals surface area (Å²) >= 11 is 6.41. The number of halogens is 1. The second kappa shape index (κ2) is 8.16. The first-order valence-corrected chi connectivity index (χ1v) is 8.52. The molecule has 1 aromatic rings. The number of rotatable bonds is 7. The Morgan fingerprint density at radius 2 is 2.10 bits per heavy atom. The topological polar surface area (TPSA) is 33.1 Å². The quantitative estimate of drug-likeness (QED) is 0.838. The van der Waals surface area contributed by atoms with E-state index >= 15 is 0 Å². The Hall–Kier alpha value is -0.580. The molecule has 0 saturated heterocycles. The summed E-state index contributed by atoms with van der Waals surface area (Å²) in [5.41, 5.74) is 1.16. The molecule has 1 N–H and O–H groups in total.